The second-order valence-electron chi connectivity index (χ2n) is 5.89. The molecule has 1 aliphatic heterocycles. The number of primary amides is 1. The third kappa shape index (κ3) is 3.22. The smallest absolute Gasteiger partial charge is 0.248 e. The van der Waals surface area contributed by atoms with Gasteiger partial charge in [0.05, 0.1) is 5.39 Å². The Balaban J connectivity index is 0.00000113. The molecule has 3 heterocycles. The first kappa shape index (κ1) is 19.2. The van der Waals surface area contributed by atoms with Crippen molar-refractivity contribution in [3.05, 3.63) is 30.1 Å². The Morgan fingerprint density at radius 1 is 1.36 bits per heavy atom. The third-order valence-electron chi connectivity index (χ3n) is 4.55. The van der Waals surface area contributed by atoms with Crippen LogP contribution in [0.4, 0.5) is 5.82 Å². The van der Waals surface area contributed by atoms with E-state index in [4.69, 9.17) is 5.73 Å². The Morgan fingerprint density at radius 3 is 2.84 bits per heavy atom. The number of hydrogen-bond acceptors (Lipinski definition) is 5. The maximum absolute atomic E-state index is 11.5. The summed E-state index contributed by atoms with van der Waals surface area (Å²) in [4.78, 5) is 25.9. The summed E-state index contributed by atoms with van der Waals surface area (Å²) in [5.41, 5.74) is 7.61. The molecule has 9 heteroatoms. The number of nitrogens with one attached hydrogen (secondary N) is 2. The van der Waals surface area contributed by atoms with Crippen LogP contribution < -0.4 is 16.0 Å². The molecule has 4 N–H and O–H groups in total. The highest BCUT2D eigenvalue weighted by atomic mass is 35.5. The van der Waals surface area contributed by atoms with Crippen molar-refractivity contribution in [1.82, 2.24) is 20.3 Å². The molecule has 3 aromatic rings. The Bertz CT molecular complexity index is 912. The SMILES string of the molecule is CNC1CCN(c2ncnc3[nH]c4ccc(C(N)=O)cc4c23)C1.Cl.Cl. The Kier molecular flexibility index (Phi) is 5.72. The molecule has 4 rings (SSSR count). The Hall–Kier alpha value is -2.09. The molecule has 1 atom stereocenters. The van der Waals surface area contributed by atoms with Gasteiger partial charge in [0.25, 0.3) is 0 Å². The quantitative estimate of drug-likeness (QED) is 0.641. The van der Waals surface area contributed by atoms with E-state index in [2.05, 4.69) is 25.2 Å². The monoisotopic (exact) mass is 382 g/mol. The maximum Gasteiger partial charge on any atom is 0.248 e. The van der Waals surface area contributed by atoms with Crippen LogP contribution in [0.15, 0.2) is 24.5 Å². The number of rotatable bonds is 3. The van der Waals surface area contributed by atoms with Gasteiger partial charge in [-0.15, -0.1) is 24.8 Å². The molecule has 7 nitrogen and oxygen atoms in total. The van der Waals surface area contributed by atoms with Gasteiger partial charge in [-0.2, -0.15) is 0 Å². The number of aromatic nitrogens is 3. The van der Waals surface area contributed by atoms with Crippen LogP contribution in [0.2, 0.25) is 0 Å². The van der Waals surface area contributed by atoms with Crippen molar-refractivity contribution in [1.29, 1.82) is 0 Å². The highest BCUT2D eigenvalue weighted by Gasteiger charge is 2.25. The van der Waals surface area contributed by atoms with Gasteiger partial charge in [0.2, 0.25) is 5.91 Å². The minimum Gasteiger partial charge on any atom is -0.366 e. The van der Waals surface area contributed by atoms with Crippen molar-refractivity contribution < 1.29 is 4.79 Å². The zero-order valence-electron chi connectivity index (χ0n) is 13.7. The zero-order chi connectivity index (χ0) is 16.0. The summed E-state index contributed by atoms with van der Waals surface area (Å²) in [6.45, 7) is 1.85. The molecular weight excluding hydrogens is 363 g/mol. The first-order valence-corrected chi connectivity index (χ1v) is 7.66. The van der Waals surface area contributed by atoms with Crippen molar-refractivity contribution >= 4 is 58.5 Å². The van der Waals surface area contributed by atoms with Crippen molar-refractivity contribution in [3.63, 3.8) is 0 Å². The van der Waals surface area contributed by atoms with Crippen molar-refractivity contribution in [2.45, 2.75) is 12.5 Å². The van der Waals surface area contributed by atoms with E-state index in [0.29, 0.717) is 11.6 Å². The van der Waals surface area contributed by atoms with Crippen LogP contribution in [0.3, 0.4) is 0 Å². The molecule has 0 spiro atoms. The minimum atomic E-state index is -0.434. The lowest BCUT2D eigenvalue weighted by molar-refractivity contribution is 0.100. The van der Waals surface area contributed by atoms with E-state index in [0.717, 1.165) is 47.3 Å². The lowest BCUT2D eigenvalue weighted by Gasteiger charge is -2.18. The van der Waals surface area contributed by atoms with Crippen LogP contribution >= 0.6 is 24.8 Å². The number of anilines is 1. The van der Waals surface area contributed by atoms with Crippen LogP contribution in [0.1, 0.15) is 16.8 Å². The molecule has 2 aromatic heterocycles. The molecule has 1 amide bonds. The number of carbonyl (C=O) groups excluding carboxylic acids is 1. The van der Waals surface area contributed by atoms with E-state index in [1.165, 1.54) is 0 Å². The number of fused-ring (bicyclic) bond motifs is 3. The molecule has 1 aliphatic rings. The molecule has 0 aliphatic carbocycles. The van der Waals surface area contributed by atoms with Crippen molar-refractivity contribution in [3.8, 4) is 0 Å². The number of H-pyrrole nitrogens is 1. The van der Waals surface area contributed by atoms with Gasteiger partial charge in [0, 0.05) is 35.6 Å². The second kappa shape index (κ2) is 7.43. The first-order valence-electron chi connectivity index (χ1n) is 7.66. The number of likely N-dealkylation sites (N-methyl/N-ethyl adjacent to an activating group) is 1. The molecule has 1 fully saturated rings. The molecule has 1 saturated heterocycles. The topological polar surface area (TPSA) is 99.9 Å². The second-order valence-corrected chi connectivity index (χ2v) is 5.89. The average molecular weight is 383 g/mol. The van der Waals surface area contributed by atoms with E-state index in [-0.39, 0.29) is 24.8 Å². The summed E-state index contributed by atoms with van der Waals surface area (Å²) in [5, 5.41) is 5.19. The number of halogens is 2. The first-order chi connectivity index (χ1) is 11.2. The van der Waals surface area contributed by atoms with Crippen LogP contribution in [0, 0.1) is 0 Å². The number of benzene rings is 1. The van der Waals surface area contributed by atoms with Crippen LogP contribution in [0.25, 0.3) is 21.9 Å². The lowest BCUT2D eigenvalue weighted by Crippen LogP contribution is -2.29. The molecule has 1 unspecified atom stereocenters. The van der Waals surface area contributed by atoms with Gasteiger partial charge in [-0.25, -0.2) is 9.97 Å². The van der Waals surface area contributed by atoms with Gasteiger partial charge in [0.15, 0.2) is 0 Å². The number of carbonyl (C=O) groups is 1. The van der Waals surface area contributed by atoms with Gasteiger partial charge in [-0.3, -0.25) is 4.79 Å². The summed E-state index contributed by atoms with van der Waals surface area (Å²) >= 11 is 0. The van der Waals surface area contributed by atoms with Gasteiger partial charge >= 0.3 is 0 Å². The number of amides is 1. The summed E-state index contributed by atoms with van der Waals surface area (Å²) < 4.78 is 0. The van der Waals surface area contributed by atoms with E-state index in [1.807, 2.05) is 19.2 Å². The minimum absolute atomic E-state index is 0. The van der Waals surface area contributed by atoms with Gasteiger partial charge in [-0.1, -0.05) is 0 Å². The summed E-state index contributed by atoms with van der Waals surface area (Å²) in [6, 6.07) is 5.86. The summed E-state index contributed by atoms with van der Waals surface area (Å²) in [5.74, 6) is 0.469. The maximum atomic E-state index is 11.5. The number of nitrogens with two attached hydrogens (primary N) is 1. The summed E-state index contributed by atoms with van der Waals surface area (Å²) in [6.07, 6.45) is 2.66. The van der Waals surface area contributed by atoms with Crippen LogP contribution in [-0.4, -0.2) is 47.0 Å². The molecule has 134 valence electrons. The number of hydrogen-bond donors (Lipinski definition) is 3. The standard InChI is InChI=1S/C16H18N6O.2ClH/c1-18-10-4-5-22(7-10)16-13-11-6-9(14(17)23)2-3-12(11)21-15(13)19-8-20-16;;/h2-3,6,8,10,18H,4-5,7H2,1H3,(H2,17,23)(H,19,20,21);2*1H. The Morgan fingerprint density at radius 2 is 2.16 bits per heavy atom. The van der Waals surface area contributed by atoms with Crippen molar-refractivity contribution in [2.24, 2.45) is 5.73 Å². The predicted molar refractivity (Wildman–Crippen MR) is 104 cm³/mol. The largest absolute Gasteiger partial charge is 0.366 e. The average Bonchev–Trinajstić information content (AvgIpc) is 3.18. The van der Waals surface area contributed by atoms with E-state index < -0.39 is 5.91 Å². The van der Waals surface area contributed by atoms with Crippen LogP contribution in [0.5, 0.6) is 0 Å². The molecular formula is C16H20Cl2N6O. The third-order valence-corrected chi connectivity index (χ3v) is 4.55. The van der Waals surface area contributed by atoms with Gasteiger partial charge in [0.1, 0.15) is 17.8 Å². The lowest BCUT2D eigenvalue weighted by atomic mass is 10.1. The van der Waals surface area contributed by atoms with Gasteiger partial charge < -0.3 is 20.9 Å². The normalized spacial score (nSPS) is 16.7. The molecule has 25 heavy (non-hydrogen) atoms. The van der Waals surface area contributed by atoms with E-state index in [1.54, 1.807) is 12.4 Å². The fourth-order valence-corrected chi connectivity index (χ4v) is 3.29. The summed E-state index contributed by atoms with van der Waals surface area (Å²) in [7, 11) is 1.98. The molecule has 0 saturated carbocycles. The predicted octanol–water partition coefficient (Wildman–Crippen LogP) is 1.85. The number of nitrogens with zero attached hydrogens (tertiary/aromatic N) is 3. The fourth-order valence-electron chi connectivity index (χ4n) is 3.29. The number of aromatic amines is 1. The Labute approximate surface area is 157 Å². The van der Waals surface area contributed by atoms with E-state index in [9.17, 15) is 4.79 Å². The fraction of sp³-hybridized carbons (Fsp3) is 0.312. The molecule has 1 aromatic carbocycles. The molecule has 0 radical (unpaired) electrons. The molecule has 0 bridgehead atoms. The van der Waals surface area contributed by atoms with Crippen molar-refractivity contribution in [2.75, 3.05) is 25.0 Å². The zero-order valence-corrected chi connectivity index (χ0v) is 15.3. The van der Waals surface area contributed by atoms with Crippen LogP contribution in [-0.2, 0) is 0 Å². The highest BCUT2D eigenvalue weighted by molar-refractivity contribution is 6.13. The van der Waals surface area contributed by atoms with E-state index >= 15 is 0 Å². The van der Waals surface area contributed by atoms with Gasteiger partial charge in [-0.05, 0) is 31.7 Å². The highest BCUT2D eigenvalue weighted by Crippen LogP contribution is 2.33.